The van der Waals surface area contributed by atoms with Crippen LogP contribution in [-0.4, -0.2) is 36.2 Å². The molecule has 0 bridgehead atoms. The molecule has 5 saturated carbocycles. The highest BCUT2D eigenvalue weighted by Crippen LogP contribution is 2.65. The number of hydrogen-bond donors (Lipinski definition) is 0. The van der Waals surface area contributed by atoms with E-state index in [2.05, 4.69) is 41.5 Å². The Kier molecular flexibility index (Phi) is 11.6. The van der Waals surface area contributed by atoms with Crippen LogP contribution >= 0.6 is 0 Å². The van der Waals surface area contributed by atoms with E-state index in [4.69, 9.17) is 9.47 Å². The quantitative estimate of drug-likeness (QED) is 0.197. The van der Waals surface area contributed by atoms with E-state index in [0.717, 1.165) is 70.6 Å². The maximum Gasteiger partial charge on any atom is 0.306 e. The van der Waals surface area contributed by atoms with Gasteiger partial charge in [-0.15, -0.1) is 0 Å². The van der Waals surface area contributed by atoms with Crippen molar-refractivity contribution in [3.05, 3.63) is 23.3 Å². The number of carbonyl (C=O) groups excluding carboxylic acids is 4. The minimum absolute atomic E-state index is 0.0248. The number of rotatable bonds is 11. The predicted octanol–water partition coefficient (Wildman–Crippen LogP) is 10.4. The Hall–Kier alpha value is -2.24. The van der Waals surface area contributed by atoms with Crippen molar-refractivity contribution >= 4 is 23.5 Å². The molecule has 13 atom stereocenters. The lowest BCUT2D eigenvalue weighted by atomic mass is 9.47. The first-order valence-corrected chi connectivity index (χ1v) is 22.1. The van der Waals surface area contributed by atoms with E-state index in [1.807, 2.05) is 12.2 Å². The molecule has 0 saturated heterocycles. The van der Waals surface area contributed by atoms with E-state index in [9.17, 15) is 19.2 Å². The fraction of sp³-hybridized carbons (Fsp3) is 0.830. The molecule has 5 fully saturated rings. The van der Waals surface area contributed by atoms with Gasteiger partial charge in [-0.2, -0.15) is 0 Å². The van der Waals surface area contributed by atoms with Crippen molar-refractivity contribution in [2.24, 2.45) is 75.9 Å². The topological polar surface area (TPSA) is 86.7 Å². The summed E-state index contributed by atoms with van der Waals surface area (Å²) in [5.74, 6) is 6.44. The molecular formula is C47H70O6. The van der Waals surface area contributed by atoms with Crippen molar-refractivity contribution in [3.63, 3.8) is 0 Å². The summed E-state index contributed by atoms with van der Waals surface area (Å²) in [6.45, 7) is 14.5. The van der Waals surface area contributed by atoms with Crippen LogP contribution in [0.3, 0.4) is 0 Å². The highest BCUT2D eigenvalue weighted by atomic mass is 16.5. The highest BCUT2D eigenvalue weighted by Gasteiger charge is 2.61. The molecule has 6 nitrogen and oxygen atoms in total. The first-order valence-electron chi connectivity index (χ1n) is 22.1. The van der Waals surface area contributed by atoms with E-state index in [1.54, 1.807) is 0 Å². The van der Waals surface area contributed by atoms with E-state index in [1.165, 1.54) is 30.4 Å². The largest absolute Gasteiger partial charge is 0.465 e. The van der Waals surface area contributed by atoms with Crippen LogP contribution in [0.5, 0.6) is 0 Å². The van der Waals surface area contributed by atoms with Gasteiger partial charge in [-0.3, -0.25) is 19.2 Å². The molecule has 0 amide bonds. The summed E-state index contributed by atoms with van der Waals surface area (Å²) < 4.78 is 12.5. The van der Waals surface area contributed by atoms with Gasteiger partial charge in [-0.1, -0.05) is 65.5 Å². The first kappa shape index (κ1) is 39.0. The molecule has 0 aromatic rings. The molecule has 294 valence electrons. The van der Waals surface area contributed by atoms with Crippen LogP contribution in [0.4, 0.5) is 0 Å². The van der Waals surface area contributed by atoms with Crippen molar-refractivity contribution in [1.29, 1.82) is 0 Å². The smallest absolute Gasteiger partial charge is 0.306 e. The minimum atomic E-state index is -0.270. The van der Waals surface area contributed by atoms with E-state index in [0.29, 0.717) is 96.1 Å². The third-order valence-corrected chi connectivity index (χ3v) is 16.8. The fourth-order valence-corrected chi connectivity index (χ4v) is 14.5. The van der Waals surface area contributed by atoms with Gasteiger partial charge in [0.1, 0.15) is 6.10 Å². The molecule has 0 spiro atoms. The molecule has 0 aromatic carbocycles. The van der Waals surface area contributed by atoms with Gasteiger partial charge in [0.05, 0.1) is 19.4 Å². The van der Waals surface area contributed by atoms with Crippen molar-refractivity contribution in [2.75, 3.05) is 6.61 Å². The van der Waals surface area contributed by atoms with E-state index < -0.39 is 0 Å². The van der Waals surface area contributed by atoms with E-state index >= 15 is 0 Å². The molecule has 7 aliphatic rings. The number of esters is 2. The van der Waals surface area contributed by atoms with Crippen molar-refractivity contribution in [3.8, 4) is 0 Å². The van der Waals surface area contributed by atoms with Gasteiger partial charge in [0, 0.05) is 23.7 Å². The predicted molar refractivity (Wildman–Crippen MR) is 207 cm³/mol. The van der Waals surface area contributed by atoms with Crippen LogP contribution in [0.15, 0.2) is 23.3 Å². The lowest BCUT2D eigenvalue weighted by molar-refractivity contribution is -0.166. The number of hydrogen-bond acceptors (Lipinski definition) is 6. The summed E-state index contributed by atoms with van der Waals surface area (Å²) in [4.78, 5) is 51.3. The summed E-state index contributed by atoms with van der Waals surface area (Å²) >= 11 is 0. The fourth-order valence-electron chi connectivity index (χ4n) is 14.5. The van der Waals surface area contributed by atoms with Crippen LogP contribution in [0.1, 0.15) is 157 Å². The molecule has 53 heavy (non-hydrogen) atoms. The number of ether oxygens (including phenoxy) is 2. The monoisotopic (exact) mass is 731 g/mol. The van der Waals surface area contributed by atoms with Gasteiger partial charge in [0.15, 0.2) is 11.6 Å². The van der Waals surface area contributed by atoms with Gasteiger partial charge in [0.2, 0.25) is 0 Å². The Morgan fingerprint density at radius 2 is 1.55 bits per heavy atom. The molecule has 6 heteroatoms. The Balaban J connectivity index is 0.949. The first-order chi connectivity index (χ1) is 25.3. The zero-order valence-corrected chi connectivity index (χ0v) is 34.0. The van der Waals surface area contributed by atoms with Crippen LogP contribution in [0.25, 0.3) is 0 Å². The highest BCUT2D eigenvalue weighted by molar-refractivity contribution is 5.91. The number of allylic oxidation sites excluding steroid dienone is 3. The van der Waals surface area contributed by atoms with Crippen LogP contribution < -0.4 is 0 Å². The summed E-state index contributed by atoms with van der Waals surface area (Å²) in [5.41, 5.74) is 2.74. The number of ketones is 2. The summed E-state index contributed by atoms with van der Waals surface area (Å²) in [6, 6.07) is 0. The van der Waals surface area contributed by atoms with Crippen LogP contribution in [-0.2, 0) is 28.7 Å². The zero-order chi connectivity index (χ0) is 37.7. The minimum Gasteiger partial charge on any atom is -0.465 e. The lowest BCUT2D eigenvalue weighted by Gasteiger charge is -2.58. The second-order valence-corrected chi connectivity index (χ2v) is 20.1. The molecule has 0 aliphatic heterocycles. The van der Waals surface area contributed by atoms with Gasteiger partial charge in [-0.05, 0) is 154 Å². The van der Waals surface area contributed by atoms with Crippen LogP contribution in [0.2, 0.25) is 0 Å². The Morgan fingerprint density at radius 1 is 0.830 bits per heavy atom. The molecule has 0 radical (unpaired) electrons. The van der Waals surface area contributed by atoms with E-state index in [-0.39, 0.29) is 41.7 Å². The third kappa shape index (κ3) is 7.53. The molecule has 8 unspecified atom stereocenters. The lowest BCUT2D eigenvalue weighted by Crippen LogP contribution is -2.54. The van der Waals surface area contributed by atoms with Crippen molar-refractivity contribution in [2.45, 2.75) is 163 Å². The maximum absolute atomic E-state index is 13.4. The summed E-state index contributed by atoms with van der Waals surface area (Å²) in [5, 5.41) is 0. The molecule has 0 N–H and O–H groups in total. The van der Waals surface area contributed by atoms with Gasteiger partial charge in [-0.25, -0.2) is 0 Å². The Bertz CT molecular complexity index is 1470. The second kappa shape index (κ2) is 15.7. The standard InChI is InChI=1S/C47H70O6/c1-7-47(22-21-37-35-15-12-33(48)24-31(35)11-14-38(37)39(47)10-8-9-28(2)3)27-52-42(50)19-20-43(51)53-41-18-17-40-45-29(4)23-32-25-34(49)13-16-36(32)44(45)30(5)26-46(40,41)6/h24-25,28-30,35-41,44-45H,7-23,26-27H2,1-6H3/t29-,30+,35?,36?,37?,38?,39?,40?,41+,44?,45?,46+,47-/m1/s1. The van der Waals surface area contributed by atoms with Crippen LogP contribution in [0, 0.1) is 75.9 Å². The summed E-state index contributed by atoms with van der Waals surface area (Å²) in [7, 11) is 0. The Morgan fingerprint density at radius 3 is 2.28 bits per heavy atom. The van der Waals surface area contributed by atoms with Gasteiger partial charge in [0.25, 0.3) is 0 Å². The number of carbonyl (C=O) groups is 4. The molecular weight excluding hydrogens is 661 g/mol. The zero-order valence-electron chi connectivity index (χ0n) is 34.0. The van der Waals surface area contributed by atoms with Gasteiger partial charge < -0.3 is 9.47 Å². The average molecular weight is 731 g/mol. The van der Waals surface area contributed by atoms with Gasteiger partial charge >= 0.3 is 11.9 Å². The van der Waals surface area contributed by atoms with Crippen molar-refractivity contribution < 1.29 is 28.7 Å². The average Bonchev–Trinajstić information content (AvgIpc) is 3.43. The normalized spacial score (nSPS) is 42.0. The second-order valence-electron chi connectivity index (χ2n) is 20.1. The molecule has 7 aliphatic carbocycles. The Labute approximate surface area is 320 Å². The third-order valence-electron chi connectivity index (χ3n) is 16.8. The number of fused-ring (bicyclic) bond motifs is 8. The molecule has 0 heterocycles. The van der Waals surface area contributed by atoms with Crippen molar-refractivity contribution in [1.82, 2.24) is 0 Å². The SMILES string of the molecule is CC[C@]1(COC(=O)CCC(=O)O[C@H]2CCC3C4C(C5CCC(=O)C=C5C[C@H]4C)[C@@H](C)C[C@@]32C)CCC2C3CCC(=O)C=C3CCC2C1CCCC(C)C. The maximum atomic E-state index is 13.4. The molecule has 7 rings (SSSR count). The molecule has 0 aromatic heterocycles. The summed E-state index contributed by atoms with van der Waals surface area (Å²) in [6.07, 6.45) is 20.5.